The second kappa shape index (κ2) is 8.09. The molecule has 10 heteroatoms. The number of ether oxygens (including phenoxy) is 1. The molecule has 0 aliphatic carbocycles. The van der Waals surface area contributed by atoms with Crippen LogP contribution in [0.3, 0.4) is 0 Å². The molecule has 3 aromatic rings. The first-order valence-corrected chi connectivity index (χ1v) is 12.3. The summed E-state index contributed by atoms with van der Waals surface area (Å²) in [6.07, 6.45) is 1.83. The van der Waals surface area contributed by atoms with Gasteiger partial charge in [0.15, 0.2) is 10.5 Å². The number of sulfone groups is 1. The molecule has 0 N–H and O–H groups in total. The molecular weight excluding hydrogens is 422 g/mol. The topological polar surface area (TPSA) is 80.0 Å². The maximum atomic E-state index is 13.6. The number of hydrogen-bond donors (Lipinski definition) is 0. The van der Waals surface area contributed by atoms with E-state index in [2.05, 4.69) is 26.9 Å². The number of aromatic nitrogens is 3. The highest BCUT2D eigenvalue weighted by atomic mass is 32.2. The molecule has 0 amide bonds. The Morgan fingerprint density at radius 3 is 2.37 bits per heavy atom. The number of rotatable bonds is 5. The van der Waals surface area contributed by atoms with Gasteiger partial charge in [0.25, 0.3) is 0 Å². The predicted molar refractivity (Wildman–Crippen MR) is 118 cm³/mol. The number of hydrogen-bond acceptors (Lipinski definition) is 8. The molecule has 1 aliphatic heterocycles. The Hall–Kier alpha value is -2.30. The van der Waals surface area contributed by atoms with E-state index in [0.29, 0.717) is 16.4 Å². The minimum atomic E-state index is -3.81. The van der Waals surface area contributed by atoms with Crippen molar-refractivity contribution in [3.63, 3.8) is 0 Å². The highest BCUT2D eigenvalue weighted by molar-refractivity contribution is 7.99. The third-order valence-electron chi connectivity index (χ3n) is 5.29. The first-order valence-electron chi connectivity index (χ1n) is 9.62. The van der Waals surface area contributed by atoms with Gasteiger partial charge in [-0.15, -0.1) is 11.8 Å². The van der Waals surface area contributed by atoms with Gasteiger partial charge in [0.1, 0.15) is 16.6 Å². The van der Waals surface area contributed by atoms with Crippen LogP contribution in [-0.2, 0) is 9.84 Å². The van der Waals surface area contributed by atoms with Crippen LogP contribution >= 0.6 is 11.8 Å². The van der Waals surface area contributed by atoms with E-state index in [1.54, 1.807) is 35.9 Å². The molecule has 0 saturated carbocycles. The van der Waals surface area contributed by atoms with Crippen LogP contribution < -0.4 is 9.64 Å². The summed E-state index contributed by atoms with van der Waals surface area (Å²) in [5.74, 6) is 1.47. The maximum Gasteiger partial charge on any atom is 0.213 e. The summed E-state index contributed by atoms with van der Waals surface area (Å²) in [7, 11) is -0.162. The number of nitrogens with zero attached hydrogens (tertiary/aromatic N) is 5. The van der Waals surface area contributed by atoms with Crippen LogP contribution in [0.15, 0.2) is 45.1 Å². The summed E-state index contributed by atoms with van der Waals surface area (Å²) in [5.41, 5.74) is 1.12. The molecule has 1 saturated heterocycles. The molecule has 1 fully saturated rings. The van der Waals surface area contributed by atoms with Gasteiger partial charge in [-0.1, -0.05) is 0 Å². The molecular formula is C20H25N5O3S2. The highest BCUT2D eigenvalue weighted by Gasteiger charge is 2.30. The van der Waals surface area contributed by atoms with E-state index >= 15 is 0 Å². The smallest absolute Gasteiger partial charge is 0.213 e. The maximum absolute atomic E-state index is 13.6. The van der Waals surface area contributed by atoms with Crippen molar-refractivity contribution in [1.29, 1.82) is 0 Å². The Bertz CT molecular complexity index is 1170. The van der Waals surface area contributed by atoms with Gasteiger partial charge in [0.2, 0.25) is 9.84 Å². The minimum Gasteiger partial charge on any atom is -0.497 e. The Morgan fingerprint density at radius 2 is 1.77 bits per heavy atom. The number of anilines is 1. The van der Waals surface area contributed by atoms with Gasteiger partial charge in [-0.05, 0) is 44.5 Å². The summed E-state index contributed by atoms with van der Waals surface area (Å²) < 4.78 is 34.0. The molecule has 0 radical (unpaired) electrons. The van der Waals surface area contributed by atoms with E-state index in [-0.39, 0.29) is 9.79 Å². The van der Waals surface area contributed by atoms with Gasteiger partial charge in [0.05, 0.1) is 12.0 Å². The van der Waals surface area contributed by atoms with Crippen LogP contribution in [0.4, 0.5) is 5.82 Å². The average Bonchev–Trinajstić information content (AvgIpc) is 3.13. The van der Waals surface area contributed by atoms with Gasteiger partial charge in [-0.25, -0.2) is 13.4 Å². The first-order chi connectivity index (χ1) is 14.3. The number of aryl methyl sites for hydroxylation is 1. The molecule has 2 aromatic heterocycles. The highest BCUT2D eigenvalue weighted by Crippen LogP contribution is 2.34. The Labute approximate surface area is 180 Å². The van der Waals surface area contributed by atoms with Crippen molar-refractivity contribution in [1.82, 2.24) is 19.5 Å². The zero-order valence-electron chi connectivity index (χ0n) is 17.5. The molecule has 0 atom stereocenters. The molecule has 4 rings (SSSR count). The van der Waals surface area contributed by atoms with E-state index in [9.17, 15) is 8.42 Å². The number of methoxy groups -OCH3 is 1. The second-order valence-corrected chi connectivity index (χ2v) is 9.98. The van der Waals surface area contributed by atoms with Crippen LogP contribution in [0.5, 0.6) is 5.75 Å². The van der Waals surface area contributed by atoms with E-state index in [0.717, 1.165) is 37.7 Å². The predicted octanol–water partition coefficient (Wildman–Crippen LogP) is 2.35. The van der Waals surface area contributed by atoms with E-state index in [1.165, 1.54) is 11.8 Å². The summed E-state index contributed by atoms with van der Waals surface area (Å²) in [6.45, 7) is 5.47. The molecule has 30 heavy (non-hydrogen) atoms. The lowest BCUT2D eigenvalue weighted by molar-refractivity contribution is 0.311. The van der Waals surface area contributed by atoms with E-state index in [1.807, 2.05) is 19.2 Å². The van der Waals surface area contributed by atoms with Gasteiger partial charge < -0.3 is 14.5 Å². The standard InChI is InChI=1S/C20H25N5O3S2/c1-14-13-17(24-11-9-23(2)10-12-24)25-19(21-14)18(20(22-25)29-4)30(26,27)16-7-5-15(28-3)6-8-16/h5-8,13H,9-12H2,1-4H3. The monoisotopic (exact) mass is 447 g/mol. The minimum absolute atomic E-state index is 0.152. The summed E-state index contributed by atoms with van der Waals surface area (Å²) in [4.78, 5) is 9.45. The van der Waals surface area contributed by atoms with Gasteiger partial charge in [0, 0.05) is 37.9 Å². The van der Waals surface area contributed by atoms with Gasteiger partial charge in [-0.3, -0.25) is 0 Å². The third kappa shape index (κ3) is 3.63. The molecule has 160 valence electrons. The van der Waals surface area contributed by atoms with Crippen LogP contribution in [-0.4, -0.2) is 74.5 Å². The zero-order valence-corrected chi connectivity index (χ0v) is 19.1. The second-order valence-electron chi connectivity index (χ2n) is 7.30. The number of benzene rings is 1. The zero-order chi connectivity index (χ0) is 21.5. The lowest BCUT2D eigenvalue weighted by Gasteiger charge is -2.34. The lowest BCUT2D eigenvalue weighted by Crippen LogP contribution is -2.45. The Balaban J connectivity index is 1.89. The van der Waals surface area contributed by atoms with Crippen molar-refractivity contribution < 1.29 is 13.2 Å². The number of fused-ring (bicyclic) bond motifs is 1. The molecule has 0 unspecified atom stereocenters. The largest absolute Gasteiger partial charge is 0.497 e. The van der Waals surface area contributed by atoms with Crippen molar-refractivity contribution in [2.24, 2.45) is 0 Å². The molecule has 0 bridgehead atoms. The number of thioether (sulfide) groups is 1. The first kappa shape index (κ1) is 21.0. The fraction of sp³-hybridized carbons (Fsp3) is 0.400. The molecule has 1 aromatic carbocycles. The molecule has 0 spiro atoms. The van der Waals surface area contributed by atoms with Crippen LogP contribution in [0.2, 0.25) is 0 Å². The summed E-state index contributed by atoms with van der Waals surface area (Å²) in [5, 5.41) is 5.09. The van der Waals surface area contributed by atoms with Crippen LogP contribution in [0, 0.1) is 6.92 Å². The van der Waals surface area contributed by atoms with Crippen LogP contribution in [0.25, 0.3) is 5.65 Å². The number of likely N-dealkylation sites (N-methyl/N-ethyl adjacent to an activating group) is 1. The quantitative estimate of drug-likeness (QED) is 0.552. The average molecular weight is 448 g/mol. The SMILES string of the molecule is COc1ccc(S(=O)(=O)c2c(SC)nn3c(N4CCN(C)CC4)cc(C)nc23)cc1. The summed E-state index contributed by atoms with van der Waals surface area (Å²) in [6, 6.07) is 8.37. The van der Waals surface area contributed by atoms with Crippen molar-refractivity contribution in [3.05, 3.63) is 36.0 Å². The Kier molecular flexibility index (Phi) is 5.65. The van der Waals surface area contributed by atoms with Crippen molar-refractivity contribution in [3.8, 4) is 5.75 Å². The fourth-order valence-electron chi connectivity index (χ4n) is 3.58. The molecule has 8 nitrogen and oxygen atoms in total. The number of piperazine rings is 1. The normalized spacial score (nSPS) is 15.7. The summed E-state index contributed by atoms with van der Waals surface area (Å²) >= 11 is 1.31. The van der Waals surface area contributed by atoms with E-state index in [4.69, 9.17) is 4.74 Å². The molecule has 1 aliphatic rings. The van der Waals surface area contributed by atoms with Crippen LogP contribution in [0.1, 0.15) is 5.69 Å². The van der Waals surface area contributed by atoms with Gasteiger partial charge >= 0.3 is 0 Å². The van der Waals surface area contributed by atoms with E-state index < -0.39 is 9.84 Å². The Morgan fingerprint density at radius 1 is 1.10 bits per heavy atom. The van der Waals surface area contributed by atoms with Gasteiger partial charge in [-0.2, -0.15) is 9.61 Å². The third-order valence-corrected chi connectivity index (χ3v) is 7.89. The van der Waals surface area contributed by atoms with Crippen molar-refractivity contribution >= 4 is 33.1 Å². The van der Waals surface area contributed by atoms with Crippen molar-refractivity contribution in [2.45, 2.75) is 21.7 Å². The molecule has 3 heterocycles. The fourth-order valence-corrected chi connectivity index (χ4v) is 5.98. The lowest BCUT2D eigenvalue weighted by atomic mass is 10.3. The van der Waals surface area contributed by atoms with Crippen molar-refractivity contribution in [2.75, 3.05) is 51.5 Å².